The van der Waals surface area contributed by atoms with Crippen LogP contribution in [0, 0.1) is 0 Å². The molecule has 9 heteroatoms. The third kappa shape index (κ3) is 4.73. The zero-order valence-electron chi connectivity index (χ0n) is 14.2. The highest BCUT2D eigenvalue weighted by atomic mass is 32.2. The minimum atomic E-state index is -4.41. The van der Waals surface area contributed by atoms with Crippen LogP contribution in [0.5, 0.6) is 5.75 Å². The predicted molar refractivity (Wildman–Crippen MR) is 95.5 cm³/mol. The Kier molecular flexibility index (Phi) is 5.59. The molecule has 0 unspecified atom stereocenters. The summed E-state index contributed by atoms with van der Waals surface area (Å²) in [4.78, 5) is 17.2. The second-order valence-electron chi connectivity index (χ2n) is 5.44. The number of thioether (sulfide) groups is 1. The number of aromatic nitrogens is 2. The Labute approximate surface area is 156 Å². The van der Waals surface area contributed by atoms with Crippen molar-refractivity contribution < 1.29 is 22.3 Å². The van der Waals surface area contributed by atoms with E-state index in [0.717, 1.165) is 0 Å². The van der Waals surface area contributed by atoms with E-state index in [4.69, 9.17) is 9.15 Å². The molecule has 3 aromatic rings. The summed E-state index contributed by atoms with van der Waals surface area (Å²) in [5.41, 5.74) is 1.36. The monoisotopic (exact) mass is 396 g/mol. The molecular formula is C18H15F3N2O3S. The summed E-state index contributed by atoms with van der Waals surface area (Å²) in [6.45, 7) is 0.559. The van der Waals surface area contributed by atoms with Gasteiger partial charge in [-0.25, -0.2) is 4.98 Å². The van der Waals surface area contributed by atoms with Crippen LogP contribution in [0.1, 0.15) is 6.92 Å². The highest BCUT2D eigenvalue weighted by Gasteiger charge is 2.28. The van der Waals surface area contributed by atoms with E-state index >= 15 is 0 Å². The Morgan fingerprint density at radius 1 is 1.22 bits per heavy atom. The van der Waals surface area contributed by atoms with Gasteiger partial charge in [0.05, 0.1) is 23.9 Å². The standard InChI is InChI=1S/C18H15F3N2O3S/c1-2-27-17-22-15(12-7-8-25-10-12)9-16(24)23(17)13-3-5-14(6-4-13)26-11-18(19,20)21/h3-10H,2,11H2,1H3. The molecule has 0 N–H and O–H groups in total. The first-order chi connectivity index (χ1) is 12.9. The van der Waals surface area contributed by atoms with Crippen molar-refractivity contribution in [3.63, 3.8) is 0 Å². The third-order valence-corrected chi connectivity index (χ3v) is 4.30. The van der Waals surface area contributed by atoms with Gasteiger partial charge in [0, 0.05) is 11.6 Å². The molecule has 0 radical (unpaired) electrons. The zero-order valence-corrected chi connectivity index (χ0v) is 15.0. The molecule has 3 rings (SSSR count). The first-order valence-corrected chi connectivity index (χ1v) is 8.95. The Balaban J connectivity index is 1.94. The topological polar surface area (TPSA) is 57.3 Å². The first-order valence-electron chi connectivity index (χ1n) is 7.97. The first kappa shape index (κ1) is 19.1. The van der Waals surface area contributed by atoms with Gasteiger partial charge in [-0.15, -0.1) is 0 Å². The van der Waals surface area contributed by atoms with Crippen LogP contribution in [0.3, 0.4) is 0 Å². The Morgan fingerprint density at radius 3 is 2.56 bits per heavy atom. The normalized spacial score (nSPS) is 11.6. The van der Waals surface area contributed by atoms with Crippen molar-refractivity contribution in [2.24, 2.45) is 0 Å². The van der Waals surface area contributed by atoms with Gasteiger partial charge in [-0.1, -0.05) is 18.7 Å². The Hall–Kier alpha value is -2.68. The molecule has 0 bridgehead atoms. The second kappa shape index (κ2) is 7.91. The Bertz CT molecular complexity index is 951. The van der Waals surface area contributed by atoms with Crippen LogP contribution in [-0.4, -0.2) is 28.1 Å². The summed E-state index contributed by atoms with van der Waals surface area (Å²) < 4.78 is 47.9. The van der Waals surface area contributed by atoms with E-state index in [-0.39, 0.29) is 11.3 Å². The smallest absolute Gasteiger partial charge is 0.422 e. The van der Waals surface area contributed by atoms with Gasteiger partial charge in [-0.05, 0) is 36.1 Å². The number of hydrogen-bond donors (Lipinski definition) is 0. The van der Waals surface area contributed by atoms with Gasteiger partial charge in [0.25, 0.3) is 5.56 Å². The summed E-state index contributed by atoms with van der Waals surface area (Å²) >= 11 is 1.38. The summed E-state index contributed by atoms with van der Waals surface area (Å²) in [5.74, 6) is 0.755. The largest absolute Gasteiger partial charge is 0.484 e. The van der Waals surface area contributed by atoms with Gasteiger partial charge in [0.2, 0.25) is 0 Å². The van der Waals surface area contributed by atoms with Crippen LogP contribution >= 0.6 is 11.8 Å². The maximum Gasteiger partial charge on any atom is 0.422 e. The SMILES string of the molecule is CCSc1nc(-c2ccoc2)cc(=O)n1-c1ccc(OCC(F)(F)F)cc1. The molecule has 2 heterocycles. The van der Waals surface area contributed by atoms with Gasteiger partial charge in [-0.2, -0.15) is 13.2 Å². The van der Waals surface area contributed by atoms with Crippen molar-refractivity contribution in [3.8, 4) is 22.7 Å². The minimum absolute atomic E-state index is 0.0665. The van der Waals surface area contributed by atoms with Crippen LogP contribution in [0.15, 0.2) is 63.3 Å². The molecule has 0 aliphatic heterocycles. The number of rotatable bonds is 6. The predicted octanol–water partition coefficient (Wildman–Crippen LogP) is 4.55. The maximum absolute atomic E-state index is 12.7. The van der Waals surface area contributed by atoms with E-state index in [1.54, 1.807) is 6.07 Å². The van der Waals surface area contributed by atoms with Crippen molar-refractivity contribution in [2.45, 2.75) is 18.3 Å². The van der Waals surface area contributed by atoms with E-state index in [9.17, 15) is 18.0 Å². The molecule has 0 aliphatic rings. The lowest BCUT2D eigenvalue weighted by molar-refractivity contribution is -0.153. The van der Waals surface area contributed by atoms with Gasteiger partial charge < -0.3 is 9.15 Å². The van der Waals surface area contributed by atoms with Crippen LogP contribution in [0.2, 0.25) is 0 Å². The van der Waals surface area contributed by atoms with Crippen LogP contribution in [-0.2, 0) is 0 Å². The molecule has 0 saturated heterocycles. The third-order valence-electron chi connectivity index (χ3n) is 3.48. The van der Waals surface area contributed by atoms with E-state index < -0.39 is 12.8 Å². The van der Waals surface area contributed by atoms with Gasteiger partial charge in [0.15, 0.2) is 11.8 Å². The highest BCUT2D eigenvalue weighted by molar-refractivity contribution is 7.99. The van der Waals surface area contributed by atoms with Crippen LogP contribution < -0.4 is 10.3 Å². The van der Waals surface area contributed by atoms with Crippen molar-refractivity contribution in [2.75, 3.05) is 12.4 Å². The van der Waals surface area contributed by atoms with Crippen LogP contribution in [0.25, 0.3) is 16.9 Å². The fraction of sp³-hybridized carbons (Fsp3) is 0.222. The molecule has 1 aromatic carbocycles. The molecule has 0 saturated carbocycles. The fourth-order valence-electron chi connectivity index (χ4n) is 2.34. The van der Waals surface area contributed by atoms with Gasteiger partial charge in [0.1, 0.15) is 5.75 Å². The minimum Gasteiger partial charge on any atom is -0.484 e. The number of benzene rings is 1. The molecule has 0 spiro atoms. The lowest BCUT2D eigenvalue weighted by Crippen LogP contribution is -2.21. The Morgan fingerprint density at radius 2 is 1.96 bits per heavy atom. The number of halogens is 3. The number of alkyl halides is 3. The molecule has 142 valence electrons. The molecule has 0 aliphatic carbocycles. The molecule has 0 amide bonds. The van der Waals surface area contributed by atoms with E-state index in [2.05, 4.69) is 4.98 Å². The van der Waals surface area contributed by atoms with Gasteiger partial charge >= 0.3 is 6.18 Å². The average molecular weight is 396 g/mol. The van der Waals surface area contributed by atoms with E-state index in [1.165, 1.54) is 59.2 Å². The van der Waals surface area contributed by atoms with E-state index in [1.807, 2.05) is 6.92 Å². The van der Waals surface area contributed by atoms with Crippen molar-refractivity contribution in [1.29, 1.82) is 0 Å². The molecule has 0 atom stereocenters. The summed E-state index contributed by atoms with van der Waals surface area (Å²) in [7, 11) is 0. The maximum atomic E-state index is 12.7. The second-order valence-corrected chi connectivity index (χ2v) is 6.67. The van der Waals surface area contributed by atoms with Crippen molar-refractivity contribution in [3.05, 3.63) is 59.3 Å². The highest BCUT2D eigenvalue weighted by Crippen LogP contribution is 2.24. The van der Waals surface area contributed by atoms with Gasteiger partial charge in [-0.3, -0.25) is 9.36 Å². The van der Waals surface area contributed by atoms with Crippen LogP contribution in [0.4, 0.5) is 13.2 Å². The molecule has 27 heavy (non-hydrogen) atoms. The average Bonchev–Trinajstić information content (AvgIpc) is 3.15. The number of furan rings is 1. The lowest BCUT2D eigenvalue weighted by Gasteiger charge is -2.13. The number of hydrogen-bond acceptors (Lipinski definition) is 5. The molecular weight excluding hydrogens is 381 g/mol. The fourth-order valence-corrected chi connectivity index (χ4v) is 3.08. The summed E-state index contributed by atoms with van der Waals surface area (Å²) in [6, 6.07) is 8.91. The van der Waals surface area contributed by atoms with E-state index in [0.29, 0.717) is 27.9 Å². The number of nitrogens with zero attached hydrogens (tertiary/aromatic N) is 2. The molecule has 0 fully saturated rings. The zero-order chi connectivity index (χ0) is 19.4. The molecule has 2 aromatic heterocycles. The molecule has 5 nitrogen and oxygen atoms in total. The quantitative estimate of drug-likeness (QED) is 0.452. The van der Waals surface area contributed by atoms with Crippen molar-refractivity contribution in [1.82, 2.24) is 9.55 Å². The number of ether oxygens (including phenoxy) is 1. The lowest BCUT2D eigenvalue weighted by atomic mass is 10.2. The van der Waals surface area contributed by atoms with Crippen molar-refractivity contribution >= 4 is 11.8 Å². The summed E-state index contributed by atoms with van der Waals surface area (Å²) in [5, 5.41) is 0.477. The summed E-state index contributed by atoms with van der Waals surface area (Å²) in [6.07, 6.45) is -1.42.